The van der Waals surface area contributed by atoms with Gasteiger partial charge < -0.3 is 14.7 Å². The first-order valence-electron chi connectivity index (χ1n) is 26.8. The van der Waals surface area contributed by atoms with Crippen LogP contribution in [0.25, 0.3) is 55.6 Å². The first kappa shape index (κ1) is 59.3. The first-order valence-corrected chi connectivity index (χ1v) is 29.2. The van der Waals surface area contributed by atoms with Crippen molar-refractivity contribution in [1.82, 2.24) is 0 Å². The standard InChI is InChI=1S/C68H92O4P2/c1-61(2,3)42-29-33-47(53(37-42)65(13,14)15)46-27-25-26-28-49(46)59-57(73(69)72-74(70)71)41-52(48-34-30-43(62(4,5)6)38-54(48)66(16,17)18)58(50-35-31-44(63(7,8)9)39-55(50)67(19,20)21)60(59)51-36-32-45(64(10,11)12)40-56(51)68(22,23)24/h25-41,69-71H,1-24H3. The van der Waals surface area contributed by atoms with Crippen LogP contribution in [0.1, 0.15) is 211 Å². The van der Waals surface area contributed by atoms with Crippen molar-refractivity contribution >= 4 is 22.3 Å². The van der Waals surface area contributed by atoms with Crippen molar-refractivity contribution in [3.63, 3.8) is 0 Å². The summed E-state index contributed by atoms with van der Waals surface area (Å²) in [6.45, 7) is 54.9. The maximum atomic E-state index is 12.9. The van der Waals surface area contributed by atoms with E-state index in [0.29, 0.717) is 5.30 Å². The molecule has 6 aromatic carbocycles. The van der Waals surface area contributed by atoms with Gasteiger partial charge in [0.05, 0.1) is 0 Å². The lowest BCUT2D eigenvalue weighted by Crippen LogP contribution is -2.21. The summed E-state index contributed by atoms with van der Waals surface area (Å²) in [4.78, 5) is 34.5. The fourth-order valence-corrected chi connectivity index (χ4v) is 11.9. The maximum Gasteiger partial charge on any atom is 0.332 e. The Morgan fingerprint density at radius 3 is 0.905 bits per heavy atom. The fourth-order valence-electron chi connectivity index (χ4n) is 10.3. The van der Waals surface area contributed by atoms with Crippen molar-refractivity contribution in [1.29, 1.82) is 0 Å². The molecule has 0 aromatic heterocycles. The molecule has 0 saturated heterocycles. The molecule has 74 heavy (non-hydrogen) atoms. The van der Waals surface area contributed by atoms with Gasteiger partial charge in [-0.25, -0.2) is 0 Å². The lowest BCUT2D eigenvalue weighted by molar-refractivity contribution is 0.372. The molecule has 3 N–H and O–H groups in total. The van der Waals surface area contributed by atoms with E-state index in [9.17, 15) is 14.7 Å². The summed E-state index contributed by atoms with van der Waals surface area (Å²) >= 11 is 0. The van der Waals surface area contributed by atoms with Gasteiger partial charge in [0.2, 0.25) is 8.38 Å². The Bertz CT molecular complexity index is 3020. The van der Waals surface area contributed by atoms with Gasteiger partial charge in [-0.2, -0.15) is 0 Å². The third kappa shape index (κ3) is 12.7. The number of benzene rings is 6. The van der Waals surface area contributed by atoms with Gasteiger partial charge in [0, 0.05) is 10.9 Å². The second-order valence-electron chi connectivity index (χ2n) is 29.3. The van der Waals surface area contributed by atoms with Crippen LogP contribution in [0, 0.1) is 0 Å². The zero-order chi connectivity index (χ0) is 55.9. The van der Waals surface area contributed by atoms with Crippen molar-refractivity contribution in [2.24, 2.45) is 0 Å². The lowest BCUT2D eigenvalue weighted by Gasteiger charge is -2.35. The van der Waals surface area contributed by atoms with Crippen LogP contribution in [0.5, 0.6) is 0 Å². The van der Waals surface area contributed by atoms with Gasteiger partial charge in [-0.1, -0.05) is 263 Å². The van der Waals surface area contributed by atoms with Gasteiger partial charge in [0.1, 0.15) is 0 Å². The van der Waals surface area contributed by atoms with E-state index < -0.39 is 17.0 Å². The first-order chi connectivity index (χ1) is 33.5. The minimum atomic E-state index is -2.95. The van der Waals surface area contributed by atoms with Crippen LogP contribution < -0.4 is 5.30 Å². The van der Waals surface area contributed by atoms with Crippen LogP contribution in [-0.4, -0.2) is 14.7 Å². The normalized spacial score (nSPS) is 14.0. The number of hydrogen-bond donors (Lipinski definition) is 3. The van der Waals surface area contributed by atoms with E-state index in [4.69, 9.17) is 4.31 Å². The predicted molar refractivity (Wildman–Crippen MR) is 324 cm³/mol. The Hall–Kier alpha value is -3.98. The fraction of sp³-hybridized carbons (Fsp3) is 0.471. The molecule has 1 atom stereocenters. The van der Waals surface area contributed by atoms with Crippen molar-refractivity contribution in [3.8, 4) is 55.6 Å². The minimum Gasteiger partial charge on any atom is -0.346 e. The largest absolute Gasteiger partial charge is 0.346 e. The van der Waals surface area contributed by atoms with Crippen LogP contribution >= 0.6 is 17.0 Å². The molecule has 0 saturated carbocycles. The van der Waals surface area contributed by atoms with Gasteiger partial charge >= 0.3 is 8.60 Å². The SMILES string of the molecule is CC(C)(C)c1ccc(-c2ccccc2-c2c(P(O)OP(O)O)cc(-c3ccc(C(C)(C)C)cc3C(C)(C)C)c(-c3ccc(C(C)(C)C)cc3C(C)(C)C)c2-c2ccc(C(C)(C)C)cc2C(C)(C)C)c(C(C)(C)C)c1. The molecule has 0 aliphatic rings. The van der Waals surface area contributed by atoms with Crippen LogP contribution in [0.3, 0.4) is 0 Å². The van der Waals surface area contributed by atoms with Crippen LogP contribution in [0.4, 0.5) is 0 Å². The topological polar surface area (TPSA) is 69.9 Å². The van der Waals surface area contributed by atoms with Crippen LogP contribution in [0.2, 0.25) is 0 Å². The van der Waals surface area contributed by atoms with E-state index in [1.165, 1.54) is 44.5 Å². The zero-order valence-corrected chi connectivity index (χ0v) is 51.7. The van der Waals surface area contributed by atoms with Crippen molar-refractivity contribution in [2.75, 3.05) is 0 Å². The summed E-state index contributed by atoms with van der Waals surface area (Å²) in [6.07, 6.45) is 0. The van der Waals surface area contributed by atoms with Gasteiger partial charge in [0.15, 0.2) is 0 Å². The van der Waals surface area contributed by atoms with E-state index in [-0.39, 0.29) is 43.3 Å². The van der Waals surface area contributed by atoms with E-state index >= 15 is 0 Å². The van der Waals surface area contributed by atoms with Crippen LogP contribution in [0.15, 0.2) is 103 Å². The van der Waals surface area contributed by atoms with Crippen LogP contribution in [-0.2, 0) is 47.6 Å². The summed E-state index contributed by atoms with van der Waals surface area (Å²) in [5, 5.41) is 0.517. The Labute approximate surface area is 451 Å². The minimum absolute atomic E-state index is 0.0764. The van der Waals surface area contributed by atoms with Gasteiger partial charge in [-0.05, 0) is 144 Å². The lowest BCUT2D eigenvalue weighted by atomic mass is 9.70. The molecule has 4 nitrogen and oxygen atoms in total. The Kier molecular flexibility index (Phi) is 16.4. The third-order valence-corrected chi connectivity index (χ3v) is 16.7. The molecule has 0 spiro atoms. The van der Waals surface area contributed by atoms with Crippen molar-refractivity contribution in [3.05, 3.63) is 148 Å². The van der Waals surface area contributed by atoms with E-state index in [2.05, 4.69) is 269 Å². The van der Waals surface area contributed by atoms with E-state index in [0.717, 1.165) is 55.6 Å². The molecule has 1 unspecified atom stereocenters. The summed E-state index contributed by atoms with van der Waals surface area (Å²) in [7, 11) is -5.59. The zero-order valence-electron chi connectivity index (χ0n) is 50.0. The highest BCUT2D eigenvalue weighted by atomic mass is 31.2. The molecule has 0 aliphatic heterocycles. The average Bonchev–Trinajstić information content (AvgIpc) is 3.25. The molecule has 6 aromatic rings. The smallest absolute Gasteiger partial charge is 0.332 e. The predicted octanol–water partition coefficient (Wildman–Crippen LogP) is 19.6. The highest BCUT2D eigenvalue weighted by Crippen LogP contribution is 2.57. The Balaban J connectivity index is 2.09. The number of rotatable bonds is 8. The summed E-state index contributed by atoms with van der Waals surface area (Å²) in [5.74, 6) is 0. The molecular weight excluding hydrogens is 943 g/mol. The summed E-state index contributed by atoms with van der Waals surface area (Å²) < 4.78 is 5.95. The molecule has 6 rings (SSSR count). The molecule has 0 fully saturated rings. The van der Waals surface area contributed by atoms with Crippen molar-refractivity contribution in [2.45, 2.75) is 209 Å². The highest BCUT2D eigenvalue weighted by Gasteiger charge is 2.37. The molecule has 0 bridgehead atoms. The molecule has 6 heteroatoms. The molecule has 398 valence electrons. The molecule has 0 amide bonds. The monoisotopic (exact) mass is 1030 g/mol. The van der Waals surface area contributed by atoms with Crippen molar-refractivity contribution < 1.29 is 19.0 Å². The average molecular weight is 1040 g/mol. The molecule has 0 radical (unpaired) electrons. The Morgan fingerprint density at radius 1 is 0.284 bits per heavy atom. The summed E-state index contributed by atoms with van der Waals surface area (Å²) in [5.41, 5.74) is 18.2. The van der Waals surface area contributed by atoms with E-state index in [1.807, 2.05) is 0 Å². The quantitative estimate of drug-likeness (QED) is 0.133. The second-order valence-corrected chi connectivity index (χ2v) is 31.4. The summed E-state index contributed by atoms with van der Waals surface area (Å²) in [6, 6.07) is 38.9. The van der Waals surface area contributed by atoms with Gasteiger partial charge in [-0.3, -0.25) is 4.31 Å². The number of hydrogen-bond acceptors (Lipinski definition) is 4. The maximum absolute atomic E-state index is 12.9. The van der Waals surface area contributed by atoms with Gasteiger partial charge in [0.25, 0.3) is 0 Å². The van der Waals surface area contributed by atoms with Gasteiger partial charge in [-0.15, -0.1) is 0 Å². The van der Waals surface area contributed by atoms with E-state index in [1.54, 1.807) is 0 Å². The molecule has 0 heterocycles. The highest BCUT2D eigenvalue weighted by molar-refractivity contribution is 7.63. The molecular formula is C68H92O4P2. The molecule has 0 aliphatic carbocycles. The Morgan fingerprint density at radius 2 is 0.581 bits per heavy atom. The third-order valence-electron chi connectivity index (χ3n) is 14.8. The second kappa shape index (κ2) is 20.4.